The lowest BCUT2D eigenvalue weighted by Gasteiger charge is -2.26. The summed E-state index contributed by atoms with van der Waals surface area (Å²) in [6.07, 6.45) is 5.86. The molecule has 0 radical (unpaired) electrons. The summed E-state index contributed by atoms with van der Waals surface area (Å²) in [7, 11) is 1.64. The average molecular weight is 613 g/mol. The number of carbonyl (C=O) groups is 3. The molecule has 2 aromatic heterocycles. The second-order valence-corrected chi connectivity index (χ2v) is 11.6. The molecule has 1 atom stereocenters. The van der Waals surface area contributed by atoms with Crippen molar-refractivity contribution in [3.63, 3.8) is 0 Å². The number of pyridine rings is 1. The number of nitrogens with one attached hydrogen (secondary N) is 1. The highest BCUT2D eigenvalue weighted by molar-refractivity contribution is 5.98. The van der Waals surface area contributed by atoms with Crippen LogP contribution < -0.4 is 11.1 Å². The number of rotatable bonds is 10. The lowest BCUT2D eigenvalue weighted by atomic mass is 9.78. The van der Waals surface area contributed by atoms with Gasteiger partial charge in [0.05, 0.1) is 18.0 Å². The van der Waals surface area contributed by atoms with E-state index in [0.717, 1.165) is 53.7 Å². The molecule has 1 fully saturated rings. The van der Waals surface area contributed by atoms with Crippen molar-refractivity contribution in [1.82, 2.24) is 19.7 Å². The molecule has 0 bridgehead atoms. The first-order valence-electron chi connectivity index (χ1n) is 15.4. The van der Waals surface area contributed by atoms with Gasteiger partial charge in [0, 0.05) is 44.1 Å². The first-order chi connectivity index (χ1) is 22.4. The van der Waals surface area contributed by atoms with E-state index < -0.39 is 17.7 Å². The van der Waals surface area contributed by atoms with Crippen molar-refractivity contribution in [2.75, 3.05) is 18.4 Å². The van der Waals surface area contributed by atoms with Gasteiger partial charge in [-0.2, -0.15) is 5.10 Å². The van der Waals surface area contributed by atoms with E-state index in [0.29, 0.717) is 17.8 Å². The lowest BCUT2D eigenvalue weighted by molar-refractivity contribution is -0.129. The number of hydrogen-bond donors (Lipinski definition) is 2. The molecule has 9 heteroatoms. The van der Waals surface area contributed by atoms with Crippen molar-refractivity contribution in [3.05, 3.63) is 138 Å². The SMILES string of the molecule is Cn1nc([C@@H](C(=O)Nc2ccc(-c3ccncc3CC(=O)N3CCCC3)cc2)C(c2ccccc2)c2ccccc2)cc1C(N)=O. The number of nitrogens with zero attached hydrogens (tertiary/aromatic N) is 4. The van der Waals surface area contributed by atoms with Gasteiger partial charge in [0.15, 0.2) is 0 Å². The Kier molecular flexibility index (Phi) is 9.01. The summed E-state index contributed by atoms with van der Waals surface area (Å²) in [5.74, 6) is -1.97. The molecule has 3 N–H and O–H groups in total. The van der Waals surface area contributed by atoms with Gasteiger partial charge in [0.1, 0.15) is 5.69 Å². The van der Waals surface area contributed by atoms with Crippen molar-refractivity contribution in [3.8, 4) is 11.1 Å². The van der Waals surface area contributed by atoms with Gasteiger partial charge in [-0.05, 0) is 64.9 Å². The van der Waals surface area contributed by atoms with Crippen LogP contribution in [0.1, 0.15) is 57.6 Å². The third kappa shape index (κ3) is 6.58. The van der Waals surface area contributed by atoms with Crippen LogP contribution in [0.5, 0.6) is 0 Å². The van der Waals surface area contributed by atoms with Gasteiger partial charge in [0.2, 0.25) is 11.8 Å². The van der Waals surface area contributed by atoms with E-state index in [1.807, 2.05) is 95.9 Å². The predicted molar refractivity (Wildman–Crippen MR) is 177 cm³/mol. The number of carbonyl (C=O) groups excluding carboxylic acids is 3. The maximum absolute atomic E-state index is 14.3. The number of amides is 3. The number of likely N-dealkylation sites (tertiary alicyclic amines) is 1. The summed E-state index contributed by atoms with van der Waals surface area (Å²) in [6, 6.07) is 30.7. The Labute approximate surface area is 268 Å². The maximum Gasteiger partial charge on any atom is 0.266 e. The van der Waals surface area contributed by atoms with Crippen LogP contribution in [0.25, 0.3) is 11.1 Å². The zero-order valence-corrected chi connectivity index (χ0v) is 25.7. The van der Waals surface area contributed by atoms with E-state index in [-0.39, 0.29) is 17.5 Å². The Bertz CT molecular complexity index is 1790. The molecule has 6 rings (SSSR count). The molecule has 0 spiro atoms. The molecule has 0 aliphatic carbocycles. The van der Waals surface area contributed by atoms with Crippen molar-refractivity contribution in [2.45, 2.75) is 31.1 Å². The van der Waals surface area contributed by atoms with Crippen molar-refractivity contribution in [2.24, 2.45) is 12.8 Å². The van der Waals surface area contributed by atoms with Crippen LogP contribution in [0.2, 0.25) is 0 Å². The minimum absolute atomic E-state index is 0.113. The summed E-state index contributed by atoms with van der Waals surface area (Å²) in [6.45, 7) is 1.61. The molecule has 3 aromatic carbocycles. The molecular weight excluding hydrogens is 576 g/mol. The molecule has 0 saturated carbocycles. The first-order valence-corrected chi connectivity index (χ1v) is 15.4. The fraction of sp³-hybridized carbons (Fsp3) is 0.216. The Balaban J connectivity index is 1.31. The van der Waals surface area contributed by atoms with E-state index in [4.69, 9.17) is 5.73 Å². The summed E-state index contributed by atoms with van der Waals surface area (Å²) >= 11 is 0. The van der Waals surface area contributed by atoms with Crippen molar-refractivity contribution < 1.29 is 14.4 Å². The molecule has 5 aromatic rings. The molecule has 1 aliphatic heterocycles. The van der Waals surface area contributed by atoms with Crippen molar-refractivity contribution >= 4 is 23.4 Å². The summed E-state index contributed by atoms with van der Waals surface area (Å²) < 4.78 is 1.42. The van der Waals surface area contributed by atoms with Gasteiger partial charge in [-0.3, -0.25) is 24.0 Å². The van der Waals surface area contributed by atoms with Crippen LogP contribution in [-0.4, -0.2) is 50.5 Å². The highest BCUT2D eigenvalue weighted by Crippen LogP contribution is 2.39. The van der Waals surface area contributed by atoms with E-state index in [9.17, 15) is 14.4 Å². The van der Waals surface area contributed by atoms with Crippen molar-refractivity contribution in [1.29, 1.82) is 0 Å². The number of nitrogens with two attached hydrogens (primary N) is 1. The standard InChI is InChI=1S/C37H36N6O3/c1-42-32(36(38)45)23-31(41-42)35(34(26-10-4-2-5-11-26)27-12-6-3-7-13-27)37(46)40-29-16-14-25(15-17-29)30-18-19-39-24-28(30)22-33(44)43-20-8-9-21-43/h2-7,10-19,23-24,34-35H,8-9,20-22H2,1H3,(H2,38,45)(H,40,46)/t35-/m1/s1. The van der Waals surface area contributed by atoms with Gasteiger partial charge < -0.3 is 16.0 Å². The van der Waals surface area contributed by atoms with E-state index in [1.165, 1.54) is 4.68 Å². The predicted octanol–water partition coefficient (Wildman–Crippen LogP) is 5.30. The van der Waals surface area contributed by atoms with Crippen LogP contribution in [0.15, 0.2) is 109 Å². The van der Waals surface area contributed by atoms with Crippen LogP contribution in [-0.2, 0) is 23.1 Å². The monoisotopic (exact) mass is 612 g/mol. The van der Waals surface area contributed by atoms with Gasteiger partial charge in [-0.1, -0.05) is 72.8 Å². The third-order valence-electron chi connectivity index (χ3n) is 8.57. The Morgan fingerprint density at radius 3 is 2.09 bits per heavy atom. The highest BCUT2D eigenvalue weighted by atomic mass is 16.2. The molecule has 1 saturated heterocycles. The molecule has 232 valence electrons. The molecule has 3 heterocycles. The minimum atomic E-state index is -0.785. The summed E-state index contributed by atoms with van der Waals surface area (Å²) in [5, 5.41) is 7.70. The Hall–Kier alpha value is -5.57. The number of aromatic nitrogens is 3. The van der Waals surface area contributed by atoms with E-state index in [2.05, 4.69) is 15.4 Å². The van der Waals surface area contributed by atoms with E-state index >= 15 is 0 Å². The smallest absolute Gasteiger partial charge is 0.266 e. The second-order valence-electron chi connectivity index (χ2n) is 11.6. The Morgan fingerprint density at radius 2 is 1.50 bits per heavy atom. The number of hydrogen-bond acceptors (Lipinski definition) is 5. The van der Waals surface area contributed by atoms with Crippen LogP contribution >= 0.6 is 0 Å². The topological polar surface area (TPSA) is 123 Å². The molecule has 0 unspecified atom stereocenters. The highest BCUT2D eigenvalue weighted by Gasteiger charge is 2.35. The largest absolute Gasteiger partial charge is 0.364 e. The molecule has 1 aliphatic rings. The minimum Gasteiger partial charge on any atom is -0.364 e. The number of primary amides is 1. The van der Waals surface area contributed by atoms with Crippen LogP contribution in [0, 0.1) is 0 Å². The molecule has 9 nitrogen and oxygen atoms in total. The number of anilines is 1. The van der Waals surface area contributed by atoms with Gasteiger partial charge >= 0.3 is 0 Å². The molecule has 3 amide bonds. The molecular formula is C37H36N6O3. The second kappa shape index (κ2) is 13.6. The average Bonchev–Trinajstić information content (AvgIpc) is 3.76. The maximum atomic E-state index is 14.3. The summed E-state index contributed by atoms with van der Waals surface area (Å²) in [4.78, 5) is 45.6. The van der Waals surface area contributed by atoms with Crippen LogP contribution in [0.4, 0.5) is 5.69 Å². The van der Waals surface area contributed by atoms with Crippen LogP contribution in [0.3, 0.4) is 0 Å². The van der Waals surface area contributed by atoms with Gasteiger partial charge in [0.25, 0.3) is 5.91 Å². The zero-order valence-electron chi connectivity index (χ0n) is 25.7. The lowest BCUT2D eigenvalue weighted by Crippen LogP contribution is -2.29. The van der Waals surface area contributed by atoms with Gasteiger partial charge in [-0.25, -0.2) is 0 Å². The first kappa shape index (κ1) is 30.5. The summed E-state index contributed by atoms with van der Waals surface area (Å²) in [5.41, 5.74) is 11.5. The molecule has 46 heavy (non-hydrogen) atoms. The van der Waals surface area contributed by atoms with Gasteiger partial charge in [-0.15, -0.1) is 0 Å². The van der Waals surface area contributed by atoms with E-state index in [1.54, 1.807) is 25.5 Å². The quantitative estimate of drug-likeness (QED) is 0.222. The number of aryl methyl sites for hydroxylation is 1. The number of benzene rings is 3. The Morgan fingerprint density at radius 1 is 0.870 bits per heavy atom. The fourth-order valence-electron chi connectivity index (χ4n) is 6.27. The fourth-order valence-corrected chi connectivity index (χ4v) is 6.27. The normalized spacial score (nSPS) is 13.5. The third-order valence-corrected chi connectivity index (χ3v) is 8.57. The zero-order chi connectivity index (χ0) is 32.0.